The molecule has 0 aliphatic carbocycles. The summed E-state index contributed by atoms with van der Waals surface area (Å²) in [6.07, 6.45) is 1.66. The number of hydrogen-bond acceptors (Lipinski definition) is 3. The van der Waals surface area contributed by atoms with Gasteiger partial charge >= 0.3 is 0 Å². The number of rotatable bonds is 5. The van der Waals surface area contributed by atoms with E-state index < -0.39 is 0 Å². The van der Waals surface area contributed by atoms with Gasteiger partial charge in [0.1, 0.15) is 0 Å². The Morgan fingerprint density at radius 1 is 1.26 bits per heavy atom. The molecule has 1 aromatic rings. The summed E-state index contributed by atoms with van der Waals surface area (Å²) in [5.74, 6) is -0.00698. The zero-order valence-electron chi connectivity index (χ0n) is 13.3. The summed E-state index contributed by atoms with van der Waals surface area (Å²) in [7, 11) is 0. The topological polar surface area (TPSA) is 52.7 Å². The summed E-state index contributed by atoms with van der Waals surface area (Å²) < 4.78 is 0. The lowest BCUT2D eigenvalue weighted by Crippen LogP contribution is -2.55. The maximum absolute atomic E-state index is 12.4. The van der Waals surface area contributed by atoms with Gasteiger partial charge in [-0.15, -0.1) is 6.58 Å². The minimum Gasteiger partial charge on any atom is -0.351 e. The van der Waals surface area contributed by atoms with Crippen molar-refractivity contribution in [2.45, 2.75) is 13.0 Å². The van der Waals surface area contributed by atoms with E-state index in [0.717, 1.165) is 0 Å². The van der Waals surface area contributed by atoms with E-state index in [2.05, 4.69) is 16.8 Å². The molecule has 5 nitrogen and oxygen atoms in total. The standard InChI is InChI=1S/C17H22ClN3O2/c1-3-8-19-16(22)13(2)20-9-11-21(12-10-20)17(23)14-4-6-15(18)7-5-14/h3-7,13H,1,8-12H2,2H3,(H,19,22). The molecule has 0 bridgehead atoms. The van der Waals surface area contributed by atoms with Crippen LogP contribution in [0.4, 0.5) is 0 Å². The van der Waals surface area contributed by atoms with Crippen LogP contribution in [0.3, 0.4) is 0 Å². The fourth-order valence-electron chi connectivity index (χ4n) is 2.57. The molecule has 1 fully saturated rings. The van der Waals surface area contributed by atoms with Crippen LogP contribution in [-0.4, -0.2) is 60.4 Å². The number of carbonyl (C=O) groups excluding carboxylic acids is 2. The van der Waals surface area contributed by atoms with E-state index in [-0.39, 0.29) is 17.9 Å². The third-order valence-electron chi connectivity index (χ3n) is 4.04. The molecule has 1 atom stereocenters. The molecule has 1 N–H and O–H groups in total. The van der Waals surface area contributed by atoms with Crippen molar-refractivity contribution in [2.75, 3.05) is 32.7 Å². The quantitative estimate of drug-likeness (QED) is 0.835. The van der Waals surface area contributed by atoms with Crippen molar-refractivity contribution in [1.29, 1.82) is 0 Å². The van der Waals surface area contributed by atoms with E-state index in [1.165, 1.54) is 0 Å². The molecule has 1 saturated heterocycles. The van der Waals surface area contributed by atoms with Gasteiger partial charge in [-0.1, -0.05) is 17.7 Å². The summed E-state index contributed by atoms with van der Waals surface area (Å²) in [5, 5.41) is 3.42. The molecule has 2 amide bonds. The van der Waals surface area contributed by atoms with Crippen LogP contribution in [0.15, 0.2) is 36.9 Å². The van der Waals surface area contributed by atoms with Gasteiger partial charge in [0.25, 0.3) is 5.91 Å². The number of nitrogens with one attached hydrogen (secondary N) is 1. The normalized spacial score (nSPS) is 16.7. The highest BCUT2D eigenvalue weighted by Gasteiger charge is 2.27. The Bertz CT molecular complexity index is 566. The number of benzene rings is 1. The predicted molar refractivity (Wildman–Crippen MR) is 91.6 cm³/mol. The minimum atomic E-state index is -0.206. The number of halogens is 1. The van der Waals surface area contributed by atoms with Crippen molar-refractivity contribution in [3.05, 3.63) is 47.5 Å². The fraction of sp³-hybridized carbons (Fsp3) is 0.412. The van der Waals surface area contributed by atoms with Crippen molar-refractivity contribution < 1.29 is 9.59 Å². The monoisotopic (exact) mass is 335 g/mol. The molecule has 0 spiro atoms. The molecule has 0 radical (unpaired) electrons. The van der Waals surface area contributed by atoms with Crippen LogP contribution in [0, 0.1) is 0 Å². The molecule has 1 unspecified atom stereocenters. The average Bonchev–Trinajstić information content (AvgIpc) is 2.59. The fourth-order valence-corrected chi connectivity index (χ4v) is 2.70. The Hall–Kier alpha value is -1.85. The molecule has 1 aliphatic heterocycles. The highest BCUT2D eigenvalue weighted by atomic mass is 35.5. The van der Waals surface area contributed by atoms with E-state index in [1.807, 2.05) is 11.8 Å². The van der Waals surface area contributed by atoms with Crippen molar-refractivity contribution in [1.82, 2.24) is 15.1 Å². The molecule has 6 heteroatoms. The van der Waals surface area contributed by atoms with Crippen molar-refractivity contribution in [2.24, 2.45) is 0 Å². The van der Waals surface area contributed by atoms with E-state index in [9.17, 15) is 9.59 Å². The number of nitrogens with zero attached hydrogens (tertiary/aromatic N) is 2. The first-order valence-corrected chi connectivity index (χ1v) is 8.08. The lowest BCUT2D eigenvalue weighted by atomic mass is 10.1. The van der Waals surface area contributed by atoms with Crippen LogP contribution < -0.4 is 5.32 Å². The smallest absolute Gasteiger partial charge is 0.253 e. The third-order valence-corrected chi connectivity index (χ3v) is 4.29. The molecule has 0 aromatic heterocycles. The number of amides is 2. The minimum absolute atomic E-state index is 0.00470. The van der Waals surface area contributed by atoms with E-state index in [0.29, 0.717) is 43.3 Å². The maximum atomic E-state index is 12.4. The van der Waals surface area contributed by atoms with Crippen LogP contribution in [0.2, 0.25) is 5.02 Å². The zero-order valence-corrected chi connectivity index (χ0v) is 14.1. The first-order valence-electron chi connectivity index (χ1n) is 7.70. The second-order valence-corrected chi connectivity index (χ2v) is 5.98. The molecule has 1 heterocycles. The van der Waals surface area contributed by atoms with E-state index >= 15 is 0 Å². The van der Waals surface area contributed by atoms with Gasteiger partial charge in [-0.2, -0.15) is 0 Å². The average molecular weight is 336 g/mol. The predicted octanol–water partition coefficient (Wildman–Crippen LogP) is 1.79. The van der Waals surface area contributed by atoms with E-state index in [1.54, 1.807) is 30.3 Å². The van der Waals surface area contributed by atoms with Crippen molar-refractivity contribution in [3.8, 4) is 0 Å². The Kier molecular flexibility index (Phi) is 6.19. The highest BCUT2D eigenvalue weighted by Crippen LogP contribution is 2.14. The summed E-state index contributed by atoms with van der Waals surface area (Å²) >= 11 is 5.85. The molecular weight excluding hydrogens is 314 g/mol. The van der Waals surface area contributed by atoms with Gasteiger partial charge in [0.2, 0.25) is 5.91 Å². The zero-order chi connectivity index (χ0) is 16.8. The number of hydrogen-bond donors (Lipinski definition) is 1. The van der Waals surface area contributed by atoms with Crippen LogP contribution in [0.25, 0.3) is 0 Å². The first kappa shape index (κ1) is 17.5. The SMILES string of the molecule is C=CCNC(=O)C(C)N1CCN(C(=O)c2ccc(Cl)cc2)CC1. The van der Waals surface area contributed by atoms with Crippen LogP contribution in [-0.2, 0) is 4.79 Å². The van der Waals surface area contributed by atoms with Crippen LogP contribution >= 0.6 is 11.6 Å². The summed E-state index contributed by atoms with van der Waals surface area (Å²) in [6.45, 7) is 8.53. The molecule has 23 heavy (non-hydrogen) atoms. The highest BCUT2D eigenvalue weighted by molar-refractivity contribution is 6.30. The second kappa shape index (κ2) is 8.13. The number of carbonyl (C=O) groups is 2. The summed E-state index contributed by atoms with van der Waals surface area (Å²) in [6, 6.07) is 6.71. The molecule has 2 rings (SSSR count). The summed E-state index contributed by atoms with van der Waals surface area (Å²) in [5.41, 5.74) is 0.639. The molecule has 1 aliphatic rings. The molecule has 1 aromatic carbocycles. The van der Waals surface area contributed by atoms with Gasteiger partial charge in [0, 0.05) is 43.3 Å². The van der Waals surface area contributed by atoms with Gasteiger partial charge in [-0.3, -0.25) is 14.5 Å². The Morgan fingerprint density at radius 2 is 1.87 bits per heavy atom. The Balaban J connectivity index is 1.88. The molecule has 124 valence electrons. The lowest BCUT2D eigenvalue weighted by molar-refractivity contribution is -0.126. The molecule has 0 saturated carbocycles. The first-order chi connectivity index (χ1) is 11.0. The second-order valence-electron chi connectivity index (χ2n) is 5.54. The maximum Gasteiger partial charge on any atom is 0.253 e. The van der Waals surface area contributed by atoms with Crippen molar-refractivity contribution in [3.63, 3.8) is 0 Å². The third kappa shape index (κ3) is 4.56. The largest absolute Gasteiger partial charge is 0.351 e. The van der Waals surface area contributed by atoms with Gasteiger partial charge < -0.3 is 10.2 Å². The van der Waals surface area contributed by atoms with Crippen LogP contribution in [0.5, 0.6) is 0 Å². The lowest BCUT2D eigenvalue weighted by Gasteiger charge is -2.37. The van der Waals surface area contributed by atoms with Gasteiger partial charge in [-0.05, 0) is 31.2 Å². The summed E-state index contributed by atoms with van der Waals surface area (Å²) in [4.78, 5) is 28.3. The number of piperazine rings is 1. The Labute approximate surface area is 141 Å². The van der Waals surface area contributed by atoms with Crippen LogP contribution in [0.1, 0.15) is 17.3 Å². The van der Waals surface area contributed by atoms with Gasteiger partial charge in [0.05, 0.1) is 6.04 Å². The van der Waals surface area contributed by atoms with Gasteiger partial charge in [0.15, 0.2) is 0 Å². The Morgan fingerprint density at radius 3 is 2.43 bits per heavy atom. The van der Waals surface area contributed by atoms with Crippen molar-refractivity contribution >= 4 is 23.4 Å². The van der Waals surface area contributed by atoms with E-state index in [4.69, 9.17) is 11.6 Å². The van der Waals surface area contributed by atoms with Gasteiger partial charge in [-0.25, -0.2) is 0 Å². The molecular formula is C17H22ClN3O2.